The molecule has 1 aliphatic carbocycles. The van der Waals surface area contributed by atoms with Crippen LogP contribution in [0.15, 0.2) is 12.7 Å². The largest absolute Gasteiger partial charge is 0.504 e. The van der Waals surface area contributed by atoms with Crippen LogP contribution in [0, 0.1) is 0 Å². The van der Waals surface area contributed by atoms with Gasteiger partial charge in [0.2, 0.25) is 0 Å². The van der Waals surface area contributed by atoms with Crippen LogP contribution in [0.2, 0.25) is 5.54 Å². The van der Waals surface area contributed by atoms with Crippen LogP contribution in [-0.2, 0) is 13.3 Å². The van der Waals surface area contributed by atoms with Crippen LogP contribution in [0.3, 0.4) is 0 Å². The van der Waals surface area contributed by atoms with E-state index in [1.807, 2.05) is 19.9 Å². The van der Waals surface area contributed by atoms with E-state index in [0.29, 0.717) is 5.54 Å². The molecule has 0 unspecified atom stereocenters. The van der Waals surface area contributed by atoms with Gasteiger partial charge in [-0.15, -0.1) is 6.58 Å². The van der Waals surface area contributed by atoms with Crippen molar-refractivity contribution in [1.82, 2.24) is 0 Å². The van der Waals surface area contributed by atoms with Gasteiger partial charge in [-0.1, -0.05) is 25.3 Å². The molecule has 17 heavy (non-hydrogen) atoms. The van der Waals surface area contributed by atoms with Crippen LogP contribution in [0.4, 0.5) is 0 Å². The molecule has 1 fully saturated rings. The lowest BCUT2D eigenvalue weighted by molar-refractivity contribution is 0.0212. The molecule has 0 radical (unpaired) electrons. The molecule has 0 aliphatic heterocycles. The van der Waals surface area contributed by atoms with Crippen LogP contribution < -0.4 is 0 Å². The maximum atomic E-state index is 6.19. The zero-order valence-electron chi connectivity index (χ0n) is 11.6. The van der Waals surface area contributed by atoms with Crippen molar-refractivity contribution in [2.45, 2.75) is 57.1 Å². The Kier molecular flexibility index (Phi) is 5.38. The fourth-order valence-corrected chi connectivity index (χ4v) is 5.55. The molecule has 0 aromatic rings. The fourth-order valence-electron chi connectivity index (χ4n) is 2.45. The summed E-state index contributed by atoms with van der Waals surface area (Å²) in [6, 6.07) is 0. The quantitative estimate of drug-likeness (QED) is 0.539. The van der Waals surface area contributed by atoms with Crippen molar-refractivity contribution < 1.29 is 13.3 Å². The second-order valence-electron chi connectivity index (χ2n) is 5.26. The summed E-state index contributed by atoms with van der Waals surface area (Å²) < 4.78 is 17.6. The molecule has 0 N–H and O–H groups in total. The van der Waals surface area contributed by atoms with Crippen molar-refractivity contribution in [2.75, 3.05) is 14.2 Å². The Hall–Kier alpha value is -0.163. The maximum absolute atomic E-state index is 6.19. The minimum atomic E-state index is -2.57. The monoisotopic (exact) mass is 258 g/mol. The number of hydrogen-bond donors (Lipinski definition) is 0. The van der Waals surface area contributed by atoms with Gasteiger partial charge < -0.3 is 13.3 Å². The van der Waals surface area contributed by atoms with Crippen molar-refractivity contribution in [3.05, 3.63) is 12.7 Å². The van der Waals surface area contributed by atoms with E-state index in [1.54, 1.807) is 14.2 Å². The van der Waals surface area contributed by atoms with E-state index in [9.17, 15) is 0 Å². The molecule has 0 aromatic carbocycles. The summed E-state index contributed by atoms with van der Waals surface area (Å²) in [7, 11) is 0.853. The maximum Gasteiger partial charge on any atom is 0.504 e. The molecule has 0 bridgehead atoms. The molecule has 0 aromatic heterocycles. The smallest absolute Gasteiger partial charge is 0.377 e. The predicted molar refractivity (Wildman–Crippen MR) is 72.0 cm³/mol. The van der Waals surface area contributed by atoms with Gasteiger partial charge in [0.25, 0.3) is 0 Å². The summed E-state index contributed by atoms with van der Waals surface area (Å²) in [6.45, 7) is 7.82. The average molecular weight is 258 g/mol. The molecule has 0 amide bonds. The molecule has 1 saturated carbocycles. The Morgan fingerprint density at radius 3 is 2.06 bits per heavy atom. The first-order valence-corrected chi connectivity index (χ1v) is 8.24. The van der Waals surface area contributed by atoms with Crippen molar-refractivity contribution in [1.29, 1.82) is 0 Å². The Labute approximate surface area is 107 Å². The molecule has 0 saturated heterocycles. The van der Waals surface area contributed by atoms with Crippen molar-refractivity contribution in [3.8, 4) is 0 Å². The Balaban J connectivity index is 2.83. The molecular formula is C13H26O3Si. The topological polar surface area (TPSA) is 27.7 Å². The van der Waals surface area contributed by atoms with Gasteiger partial charge >= 0.3 is 8.80 Å². The molecule has 1 aliphatic rings. The van der Waals surface area contributed by atoms with Gasteiger partial charge in [0.15, 0.2) is 0 Å². The van der Waals surface area contributed by atoms with Gasteiger partial charge in [-0.25, -0.2) is 0 Å². The van der Waals surface area contributed by atoms with E-state index in [1.165, 1.54) is 19.3 Å². The van der Waals surface area contributed by atoms with E-state index < -0.39 is 14.4 Å². The zero-order chi connectivity index (χ0) is 12.9. The second-order valence-corrected chi connectivity index (χ2v) is 8.30. The minimum absolute atomic E-state index is 0.393. The van der Waals surface area contributed by atoms with Crippen molar-refractivity contribution in [2.24, 2.45) is 0 Å². The summed E-state index contributed by atoms with van der Waals surface area (Å²) in [6.07, 6.45) is 7.95. The van der Waals surface area contributed by atoms with Gasteiger partial charge in [0.05, 0.1) is 5.60 Å². The van der Waals surface area contributed by atoms with Crippen LogP contribution in [0.25, 0.3) is 0 Å². The Bertz CT molecular complexity index is 243. The second kappa shape index (κ2) is 6.14. The molecule has 100 valence electrons. The number of rotatable bonds is 6. The molecular weight excluding hydrogens is 232 g/mol. The number of hydrogen-bond acceptors (Lipinski definition) is 3. The van der Waals surface area contributed by atoms with Gasteiger partial charge in [-0.2, -0.15) is 0 Å². The normalized spacial score (nSPS) is 19.3. The summed E-state index contributed by atoms with van der Waals surface area (Å²) in [5.74, 6) is 0. The first-order chi connectivity index (χ1) is 7.99. The average Bonchev–Trinajstić information content (AvgIpc) is 2.37. The molecule has 0 atom stereocenters. The fraction of sp³-hybridized carbons (Fsp3) is 0.846. The predicted octanol–water partition coefficient (Wildman–Crippen LogP) is 3.53. The zero-order valence-corrected chi connectivity index (χ0v) is 12.6. The van der Waals surface area contributed by atoms with Crippen LogP contribution in [0.1, 0.15) is 46.0 Å². The SMILES string of the molecule is C=CC(C)(C)O[Si](OC)(OC)C1CCCCC1. The van der Waals surface area contributed by atoms with E-state index in [2.05, 4.69) is 6.58 Å². The highest BCUT2D eigenvalue weighted by Gasteiger charge is 2.50. The molecule has 0 spiro atoms. The molecule has 0 heterocycles. The molecule has 1 rings (SSSR count). The van der Waals surface area contributed by atoms with E-state index in [0.717, 1.165) is 12.8 Å². The van der Waals surface area contributed by atoms with Gasteiger partial charge in [0, 0.05) is 19.8 Å². The third-order valence-corrected chi connectivity index (χ3v) is 7.10. The third-order valence-electron chi connectivity index (χ3n) is 3.57. The Morgan fingerprint density at radius 1 is 1.12 bits per heavy atom. The van der Waals surface area contributed by atoms with Crippen LogP contribution >= 0.6 is 0 Å². The summed E-state index contributed by atoms with van der Waals surface area (Å²) in [5.41, 5.74) is 0.0425. The summed E-state index contributed by atoms with van der Waals surface area (Å²) >= 11 is 0. The van der Waals surface area contributed by atoms with Gasteiger partial charge in [-0.3, -0.25) is 0 Å². The molecule has 3 nitrogen and oxygen atoms in total. The first kappa shape index (κ1) is 14.9. The first-order valence-electron chi connectivity index (χ1n) is 6.44. The van der Waals surface area contributed by atoms with Crippen molar-refractivity contribution in [3.63, 3.8) is 0 Å². The van der Waals surface area contributed by atoms with Gasteiger partial charge in [0.1, 0.15) is 0 Å². The lowest BCUT2D eigenvalue weighted by Gasteiger charge is -2.40. The standard InChI is InChI=1S/C13H26O3Si/c1-6-13(2,3)16-17(14-4,15-5)12-10-8-7-9-11-12/h6,12H,1,7-11H2,2-5H3. The highest BCUT2D eigenvalue weighted by molar-refractivity contribution is 6.62. The molecule has 4 heteroatoms. The highest BCUT2D eigenvalue weighted by Crippen LogP contribution is 2.40. The van der Waals surface area contributed by atoms with Crippen LogP contribution in [-0.4, -0.2) is 28.6 Å². The Morgan fingerprint density at radius 2 is 1.65 bits per heavy atom. The highest BCUT2D eigenvalue weighted by atomic mass is 28.4. The van der Waals surface area contributed by atoms with Crippen molar-refractivity contribution >= 4 is 8.80 Å². The minimum Gasteiger partial charge on any atom is -0.377 e. The summed E-state index contributed by atoms with van der Waals surface area (Å²) in [5, 5.41) is 0. The van der Waals surface area contributed by atoms with Crippen LogP contribution in [0.5, 0.6) is 0 Å². The summed E-state index contributed by atoms with van der Waals surface area (Å²) in [4.78, 5) is 0. The lowest BCUT2D eigenvalue weighted by atomic mass is 10.0. The third kappa shape index (κ3) is 3.65. The lowest BCUT2D eigenvalue weighted by Crippen LogP contribution is -2.53. The van der Waals surface area contributed by atoms with E-state index in [-0.39, 0.29) is 0 Å². The van der Waals surface area contributed by atoms with E-state index in [4.69, 9.17) is 13.3 Å². The van der Waals surface area contributed by atoms with Gasteiger partial charge in [-0.05, 0) is 26.7 Å². The van der Waals surface area contributed by atoms with E-state index >= 15 is 0 Å².